The van der Waals surface area contributed by atoms with Gasteiger partial charge in [0.05, 0.1) is 35.2 Å². The van der Waals surface area contributed by atoms with Crippen molar-refractivity contribution in [3.63, 3.8) is 0 Å². The van der Waals surface area contributed by atoms with Crippen LogP contribution in [0.2, 0.25) is 0 Å². The van der Waals surface area contributed by atoms with Crippen molar-refractivity contribution in [3.05, 3.63) is 51.6 Å². The molecule has 2 aliphatic heterocycles. The number of imide groups is 1. The lowest BCUT2D eigenvalue weighted by Crippen LogP contribution is -2.55. The number of phenolic OH excluding ortho intramolecular Hbond substituents is 1. The Hall–Kier alpha value is -2.37. The van der Waals surface area contributed by atoms with Crippen LogP contribution in [0, 0.1) is 27.2 Å². The highest BCUT2D eigenvalue weighted by Crippen LogP contribution is 2.58. The molecule has 5 rings (SSSR count). The van der Waals surface area contributed by atoms with Crippen molar-refractivity contribution in [2.24, 2.45) is 23.7 Å². The zero-order chi connectivity index (χ0) is 25.6. The fourth-order valence-electron chi connectivity index (χ4n) is 6.04. The molecule has 2 aromatic rings. The molecule has 0 radical (unpaired) electrons. The van der Waals surface area contributed by atoms with Crippen LogP contribution in [0.4, 0.5) is 0 Å². The largest absolute Gasteiger partial charge is 0.504 e. The van der Waals surface area contributed by atoms with Crippen molar-refractivity contribution in [2.75, 3.05) is 20.3 Å². The first kappa shape index (κ1) is 25.3. The molecular formula is C27H30INO7. The number of nitrogens with zero attached hydrogens (tertiary/aromatic N) is 1. The monoisotopic (exact) mass is 607 g/mol. The van der Waals surface area contributed by atoms with Gasteiger partial charge in [-0.05, 0) is 71.7 Å². The molecule has 36 heavy (non-hydrogen) atoms. The Balaban J connectivity index is 1.50. The van der Waals surface area contributed by atoms with E-state index in [-0.39, 0.29) is 24.2 Å². The fourth-order valence-corrected chi connectivity index (χ4v) is 6.67. The van der Waals surface area contributed by atoms with Gasteiger partial charge in [-0.15, -0.1) is 0 Å². The third kappa shape index (κ3) is 4.14. The summed E-state index contributed by atoms with van der Waals surface area (Å²) in [7, 11) is 1.48. The normalized spacial score (nSPS) is 31.3. The van der Waals surface area contributed by atoms with E-state index in [4.69, 9.17) is 14.2 Å². The van der Waals surface area contributed by atoms with Crippen LogP contribution in [0.3, 0.4) is 0 Å². The predicted molar refractivity (Wildman–Crippen MR) is 138 cm³/mol. The maximum absolute atomic E-state index is 13.4. The Bertz CT molecular complexity index is 1160. The van der Waals surface area contributed by atoms with E-state index in [2.05, 4.69) is 0 Å². The highest BCUT2D eigenvalue weighted by molar-refractivity contribution is 14.1. The molecule has 0 spiro atoms. The molecule has 3 aliphatic rings. The SMILES string of the molecule is CCCN1C(=O)[C@H]2[C@H](C[C@H](COc3ccccc3)[C@@]3(O)O[C@H](c4cc(I)c(O)c(OC)c4)C[C@@H]23)C1=O. The van der Waals surface area contributed by atoms with Crippen molar-refractivity contribution < 1.29 is 34.0 Å². The molecule has 3 fully saturated rings. The fraction of sp³-hybridized carbons (Fsp3) is 0.481. The van der Waals surface area contributed by atoms with Gasteiger partial charge >= 0.3 is 0 Å². The number of methoxy groups -OCH3 is 1. The second-order valence-electron chi connectivity index (χ2n) is 9.77. The first-order chi connectivity index (χ1) is 17.3. The number of ether oxygens (including phenoxy) is 3. The Labute approximate surface area is 223 Å². The summed E-state index contributed by atoms with van der Waals surface area (Å²) in [4.78, 5) is 28.0. The smallest absolute Gasteiger partial charge is 0.233 e. The molecule has 192 valence electrons. The van der Waals surface area contributed by atoms with E-state index in [1.807, 2.05) is 59.8 Å². The third-order valence-electron chi connectivity index (χ3n) is 7.74. The Kier molecular flexibility index (Phi) is 6.90. The Morgan fingerprint density at radius 3 is 2.61 bits per heavy atom. The van der Waals surface area contributed by atoms with E-state index in [1.165, 1.54) is 12.0 Å². The molecule has 0 aromatic heterocycles. The lowest BCUT2D eigenvalue weighted by Gasteiger charge is -2.44. The highest BCUT2D eigenvalue weighted by Gasteiger charge is 2.66. The van der Waals surface area contributed by atoms with Crippen LogP contribution in [0.1, 0.15) is 37.9 Å². The summed E-state index contributed by atoms with van der Waals surface area (Å²) in [6.07, 6.45) is 0.808. The van der Waals surface area contributed by atoms with Crippen LogP contribution in [-0.2, 0) is 14.3 Å². The maximum Gasteiger partial charge on any atom is 0.233 e. The molecule has 8 nitrogen and oxygen atoms in total. The van der Waals surface area contributed by atoms with Crippen molar-refractivity contribution in [2.45, 2.75) is 38.1 Å². The predicted octanol–water partition coefficient (Wildman–Crippen LogP) is 3.88. The number of rotatable bonds is 7. The molecule has 2 amide bonds. The average molecular weight is 607 g/mol. The number of para-hydroxylation sites is 1. The number of likely N-dealkylation sites (tertiary alicyclic amines) is 1. The summed E-state index contributed by atoms with van der Waals surface area (Å²) < 4.78 is 18.3. The summed E-state index contributed by atoms with van der Waals surface area (Å²) in [5.41, 5.74) is 0.735. The molecule has 1 saturated carbocycles. The number of fused-ring (bicyclic) bond motifs is 3. The van der Waals surface area contributed by atoms with Crippen LogP contribution in [-0.4, -0.2) is 53.0 Å². The second kappa shape index (κ2) is 9.83. The van der Waals surface area contributed by atoms with Gasteiger partial charge < -0.3 is 24.4 Å². The molecule has 9 heteroatoms. The molecule has 0 unspecified atom stereocenters. The van der Waals surface area contributed by atoms with Crippen LogP contribution in [0.5, 0.6) is 17.2 Å². The van der Waals surface area contributed by atoms with Crippen LogP contribution < -0.4 is 9.47 Å². The summed E-state index contributed by atoms with van der Waals surface area (Å²) in [5, 5.41) is 22.3. The number of hydrogen-bond donors (Lipinski definition) is 2. The zero-order valence-corrected chi connectivity index (χ0v) is 22.4. The van der Waals surface area contributed by atoms with Gasteiger partial charge in [-0.1, -0.05) is 25.1 Å². The van der Waals surface area contributed by atoms with Gasteiger partial charge in [0.25, 0.3) is 0 Å². The van der Waals surface area contributed by atoms with E-state index in [1.54, 1.807) is 12.1 Å². The lowest BCUT2D eigenvalue weighted by atomic mass is 9.64. The molecule has 2 N–H and O–H groups in total. The van der Waals surface area contributed by atoms with Crippen LogP contribution in [0.15, 0.2) is 42.5 Å². The first-order valence-corrected chi connectivity index (χ1v) is 13.4. The number of halogens is 1. The van der Waals surface area contributed by atoms with E-state index < -0.39 is 35.6 Å². The molecule has 2 aromatic carbocycles. The summed E-state index contributed by atoms with van der Waals surface area (Å²) in [6, 6.07) is 12.8. The third-order valence-corrected chi connectivity index (χ3v) is 8.56. The highest BCUT2D eigenvalue weighted by atomic mass is 127. The standard InChI is InChI=1S/C27H30INO7/c1-3-9-29-25(31)18-12-16(14-35-17-7-5-4-6-8-17)27(33)19(23(18)26(29)32)13-21(36-27)15-10-20(28)24(30)22(11-15)34-2/h4-8,10-11,16,18-19,21,23,30,33H,3,9,12-14H2,1-2H3/t16-,18+,19+,21+,23+,27-/m1/s1. The van der Waals surface area contributed by atoms with Crippen LogP contribution >= 0.6 is 22.6 Å². The van der Waals surface area contributed by atoms with Crippen molar-refractivity contribution in [3.8, 4) is 17.2 Å². The zero-order valence-electron chi connectivity index (χ0n) is 20.2. The van der Waals surface area contributed by atoms with Crippen molar-refractivity contribution >= 4 is 34.4 Å². The molecule has 1 aliphatic carbocycles. The first-order valence-electron chi connectivity index (χ1n) is 12.3. The van der Waals surface area contributed by atoms with E-state index in [0.717, 1.165) is 5.56 Å². The van der Waals surface area contributed by atoms with Gasteiger partial charge in [0.2, 0.25) is 11.8 Å². The number of aliphatic hydroxyl groups is 1. The maximum atomic E-state index is 13.4. The quantitative estimate of drug-likeness (QED) is 0.364. The van der Waals surface area contributed by atoms with Gasteiger partial charge in [0.15, 0.2) is 17.3 Å². The minimum atomic E-state index is -1.64. The number of aromatic hydroxyl groups is 1. The molecule has 2 saturated heterocycles. The summed E-state index contributed by atoms with van der Waals surface area (Å²) in [6.45, 7) is 2.46. The number of benzene rings is 2. The summed E-state index contributed by atoms with van der Waals surface area (Å²) in [5.74, 6) is -3.24. The van der Waals surface area contributed by atoms with E-state index in [9.17, 15) is 19.8 Å². The van der Waals surface area contributed by atoms with Crippen LogP contribution in [0.25, 0.3) is 0 Å². The second-order valence-corrected chi connectivity index (χ2v) is 10.9. The lowest BCUT2D eigenvalue weighted by molar-refractivity contribution is -0.272. The molecule has 2 heterocycles. The number of phenols is 1. The molecule has 0 bridgehead atoms. The molecular weight excluding hydrogens is 577 g/mol. The van der Waals surface area contributed by atoms with Gasteiger partial charge in [-0.3, -0.25) is 14.5 Å². The van der Waals surface area contributed by atoms with E-state index >= 15 is 0 Å². The topological polar surface area (TPSA) is 106 Å². The summed E-state index contributed by atoms with van der Waals surface area (Å²) >= 11 is 2.02. The number of amides is 2. The number of carbonyl (C=O) groups excluding carboxylic acids is 2. The Morgan fingerprint density at radius 1 is 1.17 bits per heavy atom. The van der Waals surface area contributed by atoms with Gasteiger partial charge in [-0.2, -0.15) is 0 Å². The number of hydrogen-bond acceptors (Lipinski definition) is 7. The van der Waals surface area contributed by atoms with Crippen molar-refractivity contribution in [1.82, 2.24) is 4.90 Å². The van der Waals surface area contributed by atoms with Gasteiger partial charge in [0.1, 0.15) is 5.75 Å². The average Bonchev–Trinajstić information content (AvgIpc) is 3.35. The van der Waals surface area contributed by atoms with Crippen molar-refractivity contribution in [1.29, 1.82) is 0 Å². The minimum Gasteiger partial charge on any atom is -0.504 e. The Morgan fingerprint density at radius 2 is 1.92 bits per heavy atom. The number of carbonyl (C=O) groups is 2. The van der Waals surface area contributed by atoms with Gasteiger partial charge in [-0.25, -0.2) is 0 Å². The van der Waals surface area contributed by atoms with Gasteiger partial charge in [0, 0.05) is 18.4 Å². The minimum absolute atomic E-state index is 0.0388. The molecule has 6 atom stereocenters. The van der Waals surface area contributed by atoms with E-state index in [0.29, 0.717) is 40.9 Å².